The first-order valence-electron chi connectivity index (χ1n) is 12.1. The summed E-state index contributed by atoms with van der Waals surface area (Å²) < 4.78 is 0. The lowest BCUT2D eigenvalue weighted by atomic mass is 9.76. The molecule has 3 heterocycles. The zero-order chi connectivity index (χ0) is 22.3. The van der Waals surface area contributed by atoms with E-state index in [2.05, 4.69) is 46.0 Å². The molecular weight excluding hydrogens is 400 g/mol. The number of nitrogens with zero attached hydrogens (tertiary/aromatic N) is 3. The molecule has 3 aliphatic rings. The first-order chi connectivity index (χ1) is 15.5. The van der Waals surface area contributed by atoms with Crippen LogP contribution in [0.2, 0.25) is 0 Å². The van der Waals surface area contributed by atoms with Gasteiger partial charge in [-0.05, 0) is 45.2 Å². The molecule has 32 heavy (non-hydrogen) atoms. The van der Waals surface area contributed by atoms with E-state index in [0.29, 0.717) is 12.5 Å². The van der Waals surface area contributed by atoms with Crippen LogP contribution in [-0.4, -0.2) is 52.4 Å². The summed E-state index contributed by atoms with van der Waals surface area (Å²) in [6.07, 6.45) is 6.68. The number of likely N-dealkylation sites (tertiary alicyclic amines) is 1. The van der Waals surface area contributed by atoms with E-state index in [9.17, 15) is 9.59 Å². The van der Waals surface area contributed by atoms with Crippen LogP contribution in [0.15, 0.2) is 29.1 Å². The van der Waals surface area contributed by atoms with Gasteiger partial charge in [0.05, 0.1) is 16.7 Å². The average Bonchev–Trinajstić information content (AvgIpc) is 3.31. The zero-order valence-corrected chi connectivity index (χ0v) is 19.3. The first-order valence-corrected chi connectivity index (χ1v) is 12.1. The van der Waals surface area contributed by atoms with Crippen LogP contribution in [0.1, 0.15) is 72.7 Å². The van der Waals surface area contributed by atoms with Crippen LogP contribution in [-0.2, 0) is 23.2 Å². The largest absolute Gasteiger partial charge is 0.342 e. The molecule has 1 N–H and O–H groups in total. The molecule has 1 aromatic carbocycles. The van der Waals surface area contributed by atoms with Crippen LogP contribution in [0.3, 0.4) is 0 Å². The SMILES string of the molecule is Cc1ccc(C2(C(=O)N3CCC(c4nc5c(c(=O)[nH]4)CN(C)CC5)CC3)CCCC2)cc1. The van der Waals surface area contributed by atoms with E-state index in [1.807, 2.05) is 7.05 Å². The van der Waals surface area contributed by atoms with Gasteiger partial charge in [-0.2, -0.15) is 0 Å². The van der Waals surface area contributed by atoms with Crippen molar-refractivity contribution in [1.29, 1.82) is 0 Å². The molecule has 2 aromatic rings. The predicted molar refractivity (Wildman–Crippen MR) is 125 cm³/mol. The standard InChI is InChI=1S/C26H34N4O2/c1-18-5-7-20(8-6-18)26(12-3-4-13-26)25(32)30-15-9-19(10-16-30)23-27-22-11-14-29(2)17-21(22)24(31)28-23/h5-8,19H,3-4,9-17H2,1-2H3,(H,27,28,31). The fourth-order valence-corrected chi connectivity index (χ4v) is 5.91. The summed E-state index contributed by atoms with van der Waals surface area (Å²) >= 11 is 0. The van der Waals surface area contributed by atoms with Gasteiger partial charge in [-0.25, -0.2) is 4.98 Å². The van der Waals surface area contributed by atoms with Crippen LogP contribution in [0.5, 0.6) is 0 Å². The van der Waals surface area contributed by atoms with Crippen molar-refractivity contribution in [2.24, 2.45) is 0 Å². The fraction of sp³-hybridized carbons (Fsp3) is 0.577. The smallest absolute Gasteiger partial charge is 0.255 e. The third kappa shape index (κ3) is 3.79. The van der Waals surface area contributed by atoms with E-state index in [4.69, 9.17) is 4.98 Å². The van der Waals surface area contributed by atoms with Gasteiger partial charge in [0.25, 0.3) is 5.56 Å². The second kappa shape index (κ2) is 8.47. The van der Waals surface area contributed by atoms with Gasteiger partial charge in [0.1, 0.15) is 5.82 Å². The van der Waals surface area contributed by atoms with Crippen LogP contribution in [0.4, 0.5) is 0 Å². The number of fused-ring (bicyclic) bond motifs is 1. The molecule has 0 radical (unpaired) electrons. The summed E-state index contributed by atoms with van der Waals surface area (Å²) in [6.45, 7) is 5.18. The van der Waals surface area contributed by atoms with Gasteiger partial charge in [0.15, 0.2) is 0 Å². The minimum absolute atomic E-state index is 0.0133. The van der Waals surface area contributed by atoms with Gasteiger partial charge in [-0.15, -0.1) is 0 Å². The third-order valence-electron chi connectivity index (χ3n) is 7.92. The van der Waals surface area contributed by atoms with E-state index >= 15 is 0 Å². The molecule has 0 atom stereocenters. The second-order valence-corrected chi connectivity index (χ2v) is 10.1. The molecule has 1 aromatic heterocycles. The highest BCUT2D eigenvalue weighted by atomic mass is 16.2. The first kappa shape index (κ1) is 21.4. The van der Waals surface area contributed by atoms with Crippen molar-refractivity contribution in [2.75, 3.05) is 26.7 Å². The summed E-state index contributed by atoms with van der Waals surface area (Å²) in [7, 11) is 2.04. The van der Waals surface area contributed by atoms with Crippen molar-refractivity contribution >= 4 is 5.91 Å². The number of hydrogen-bond donors (Lipinski definition) is 1. The highest BCUT2D eigenvalue weighted by Crippen LogP contribution is 2.43. The Labute approximate surface area is 190 Å². The number of H-pyrrole nitrogens is 1. The monoisotopic (exact) mass is 434 g/mol. The number of likely N-dealkylation sites (N-methyl/N-ethyl adjacent to an activating group) is 1. The molecule has 1 saturated heterocycles. The number of rotatable bonds is 3. The van der Waals surface area contributed by atoms with Crippen molar-refractivity contribution < 1.29 is 4.79 Å². The number of amides is 1. The Hall–Kier alpha value is -2.47. The van der Waals surface area contributed by atoms with Crippen molar-refractivity contribution in [3.8, 4) is 0 Å². The second-order valence-electron chi connectivity index (χ2n) is 10.1. The topological polar surface area (TPSA) is 69.3 Å². The van der Waals surface area contributed by atoms with Crippen LogP contribution in [0, 0.1) is 6.92 Å². The number of piperidine rings is 1. The summed E-state index contributed by atoms with van der Waals surface area (Å²) in [5.74, 6) is 1.34. The molecule has 6 nitrogen and oxygen atoms in total. The summed E-state index contributed by atoms with van der Waals surface area (Å²) in [4.78, 5) is 38.6. The normalized spacial score (nSPS) is 21.5. The Morgan fingerprint density at radius 2 is 1.78 bits per heavy atom. The molecule has 0 bridgehead atoms. The van der Waals surface area contributed by atoms with Gasteiger partial charge in [0, 0.05) is 38.5 Å². The number of aromatic amines is 1. The molecule has 0 unspecified atom stereocenters. The molecule has 0 spiro atoms. The van der Waals surface area contributed by atoms with Gasteiger partial charge in [-0.3, -0.25) is 9.59 Å². The zero-order valence-electron chi connectivity index (χ0n) is 19.3. The summed E-state index contributed by atoms with van der Waals surface area (Å²) in [5.41, 5.74) is 3.84. The van der Waals surface area contributed by atoms with E-state index < -0.39 is 0 Å². The Balaban J connectivity index is 1.31. The van der Waals surface area contributed by atoms with Crippen LogP contribution < -0.4 is 5.56 Å². The number of aromatic nitrogens is 2. The van der Waals surface area contributed by atoms with Crippen molar-refractivity contribution in [1.82, 2.24) is 19.8 Å². The lowest BCUT2D eigenvalue weighted by Gasteiger charge is -2.38. The Morgan fingerprint density at radius 3 is 2.47 bits per heavy atom. The molecular formula is C26H34N4O2. The van der Waals surface area contributed by atoms with Crippen LogP contribution in [0.25, 0.3) is 0 Å². The van der Waals surface area contributed by atoms with Gasteiger partial charge >= 0.3 is 0 Å². The third-order valence-corrected chi connectivity index (χ3v) is 7.92. The van der Waals surface area contributed by atoms with E-state index in [1.54, 1.807) is 0 Å². The highest BCUT2D eigenvalue weighted by molar-refractivity contribution is 5.88. The molecule has 170 valence electrons. The minimum Gasteiger partial charge on any atom is -0.342 e. The number of hydrogen-bond acceptors (Lipinski definition) is 4. The van der Waals surface area contributed by atoms with Crippen LogP contribution >= 0.6 is 0 Å². The fourth-order valence-electron chi connectivity index (χ4n) is 5.91. The van der Waals surface area contributed by atoms with Crippen molar-refractivity contribution in [2.45, 2.75) is 69.7 Å². The van der Waals surface area contributed by atoms with Crippen molar-refractivity contribution in [3.05, 3.63) is 62.8 Å². The van der Waals surface area contributed by atoms with Gasteiger partial charge < -0.3 is 14.8 Å². The number of aryl methyl sites for hydroxylation is 1. The van der Waals surface area contributed by atoms with Gasteiger partial charge in [0.2, 0.25) is 5.91 Å². The van der Waals surface area contributed by atoms with E-state index in [1.165, 1.54) is 11.1 Å². The van der Waals surface area contributed by atoms with Gasteiger partial charge in [-0.1, -0.05) is 42.7 Å². The maximum Gasteiger partial charge on any atom is 0.255 e. The number of carbonyl (C=O) groups is 1. The molecule has 1 amide bonds. The molecule has 1 saturated carbocycles. The molecule has 2 fully saturated rings. The maximum atomic E-state index is 13.8. The Morgan fingerprint density at radius 1 is 1.09 bits per heavy atom. The van der Waals surface area contributed by atoms with E-state index in [-0.39, 0.29) is 16.9 Å². The Bertz CT molecular complexity index is 1040. The minimum atomic E-state index is -0.356. The highest BCUT2D eigenvalue weighted by Gasteiger charge is 2.45. The van der Waals surface area contributed by atoms with E-state index in [0.717, 1.165) is 81.7 Å². The average molecular weight is 435 g/mol. The Kier molecular flexibility index (Phi) is 5.66. The number of carbonyl (C=O) groups excluding carboxylic acids is 1. The summed E-state index contributed by atoms with van der Waals surface area (Å²) in [6, 6.07) is 8.57. The lowest BCUT2D eigenvalue weighted by Crippen LogP contribution is -2.48. The van der Waals surface area contributed by atoms with Crippen molar-refractivity contribution in [3.63, 3.8) is 0 Å². The predicted octanol–water partition coefficient (Wildman–Crippen LogP) is 3.28. The number of benzene rings is 1. The lowest BCUT2D eigenvalue weighted by molar-refractivity contribution is -0.138. The maximum absolute atomic E-state index is 13.8. The molecule has 1 aliphatic carbocycles. The molecule has 6 heteroatoms. The summed E-state index contributed by atoms with van der Waals surface area (Å²) in [5, 5.41) is 0. The molecule has 2 aliphatic heterocycles. The molecule has 5 rings (SSSR count). The quantitative estimate of drug-likeness (QED) is 0.805. The number of nitrogens with one attached hydrogen (secondary N) is 1.